The summed E-state index contributed by atoms with van der Waals surface area (Å²) in [6, 6.07) is 13.0. The lowest BCUT2D eigenvalue weighted by Gasteiger charge is -2.18. The quantitative estimate of drug-likeness (QED) is 0.760. The number of fused-ring (bicyclic) bond motifs is 1. The van der Waals surface area contributed by atoms with Gasteiger partial charge in [0.05, 0.1) is 0 Å². The van der Waals surface area contributed by atoms with Crippen LogP contribution in [-0.4, -0.2) is 0 Å². The molecule has 17 heavy (non-hydrogen) atoms. The first-order chi connectivity index (χ1) is 8.22. The highest BCUT2D eigenvalue weighted by molar-refractivity contribution is 5.58. The van der Waals surface area contributed by atoms with E-state index in [1.165, 1.54) is 23.3 Å². The molecule has 0 unspecified atom stereocenters. The Morgan fingerprint density at radius 3 is 2.24 bits per heavy atom. The van der Waals surface area contributed by atoms with Crippen molar-refractivity contribution in [3.05, 3.63) is 59.4 Å². The predicted molar refractivity (Wildman–Crippen MR) is 67.1 cm³/mol. The molecule has 0 bridgehead atoms. The van der Waals surface area contributed by atoms with Crippen LogP contribution in [0.3, 0.4) is 0 Å². The largest absolute Gasteiger partial charge is 0.399 e. The normalized spacial score (nSPS) is 13.8. The monoisotopic (exact) mass is 228 g/mol. The van der Waals surface area contributed by atoms with E-state index in [0.717, 1.165) is 18.8 Å². The molecule has 0 radical (unpaired) electrons. The molecule has 2 N–H and O–H groups in total. The number of nitrogens with two attached hydrogens (primary N) is 1. The molecule has 0 saturated carbocycles. The predicted octanol–water partition coefficient (Wildman–Crippen LogP) is 2.93. The molecular formula is C14H13FN2. The minimum atomic E-state index is -0.282. The van der Waals surface area contributed by atoms with Crippen molar-refractivity contribution in [1.29, 1.82) is 0 Å². The Balaban J connectivity index is 1.93. The third kappa shape index (κ3) is 1.84. The Hall–Kier alpha value is -2.03. The molecule has 3 rings (SSSR count). The highest BCUT2D eigenvalue weighted by atomic mass is 19.1. The summed E-state index contributed by atoms with van der Waals surface area (Å²) in [5, 5.41) is 0. The van der Waals surface area contributed by atoms with Gasteiger partial charge in [-0.15, -0.1) is 0 Å². The van der Waals surface area contributed by atoms with E-state index in [9.17, 15) is 4.39 Å². The van der Waals surface area contributed by atoms with Crippen molar-refractivity contribution in [2.45, 2.75) is 13.1 Å². The van der Waals surface area contributed by atoms with Crippen LogP contribution in [0.4, 0.5) is 15.8 Å². The lowest BCUT2D eigenvalue weighted by molar-refractivity contribution is 0.627. The maximum Gasteiger partial charge on any atom is 0.127 e. The summed E-state index contributed by atoms with van der Waals surface area (Å²) in [5.74, 6) is -0.282. The van der Waals surface area contributed by atoms with Gasteiger partial charge in [0.2, 0.25) is 0 Å². The summed E-state index contributed by atoms with van der Waals surface area (Å²) in [6.07, 6.45) is 0. The van der Waals surface area contributed by atoms with Crippen LogP contribution in [0.15, 0.2) is 42.5 Å². The molecule has 1 aliphatic heterocycles. The van der Waals surface area contributed by atoms with Crippen molar-refractivity contribution in [3.63, 3.8) is 0 Å². The fourth-order valence-electron chi connectivity index (χ4n) is 2.29. The zero-order valence-electron chi connectivity index (χ0n) is 9.36. The van der Waals surface area contributed by atoms with E-state index < -0.39 is 0 Å². The molecule has 3 heteroatoms. The topological polar surface area (TPSA) is 29.3 Å². The van der Waals surface area contributed by atoms with Gasteiger partial charge in [-0.05, 0) is 29.3 Å². The zero-order valence-corrected chi connectivity index (χ0v) is 9.36. The highest BCUT2D eigenvalue weighted by Gasteiger charge is 2.19. The third-order valence-electron chi connectivity index (χ3n) is 3.11. The molecule has 0 saturated heterocycles. The molecule has 0 aliphatic carbocycles. The van der Waals surface area contributed by atoms with E-state index in [1.54, 1.807) is 0 Å². The molecule has 0 aromatic heterocycles. The van der Waals surface area contributed by atoms with E-state index in [4.69, 9.17) is 5.73 Å². The van der Waals surface area contributed by atoms with Crippen molar-refractivity contribution in [3.8, 4) is 0 Å². The maximum atomic E-state index is 13.3. The van der Waals surface area contributed by atoms with Crippen molar-refractivity contribution >= 4 is 11.4 Å². The average Bonchev–Trinajstić information content (AvgIpc) is 2.71. The van der Waals surface area contributed by atoms with Crippen LogP contribution in [0.2, 0.25) is 0 Å². The summed E-state index contributed by atoms with van der Waals surface area (Å²) >= 11 is 0. The van der Waals surface area contributed by atoms with Crippen LogP contribution >= 0.6 is 0 Å². The number of nitrogens with zero attached hydrogens (tertiary/aromatic N) is 1. The summed E-state index contributed by atoms with van der Waals surface area (Å²) in [7, 11) is 0. The summed E-state index contributed by atoms with van der Waals surface area (Å²) in [5.41, 5.74) is 9.58. The van der Waals surface area contributed by atoms with Gasteiger partial charge in [-0.1, -0.05) is 24.3 Å². The molecule has 0 spiro atoms. The minimum Gasteiger partial charge on any atom is -0.399 e. The lowest BCUT2D eigenvalue weighted by Crippen LogP contribution is -2.14. The van der Waals surface area contributed by atoms with Crippen LogP contribution in [-0.2, 0) is 13.1 Å². The summed E-state index contributed by atoms with van der Waals surface area (Å²) in [4.78, 5) is 2.13. The van der Waals surface area contributed by atoms with Gasteiger partial charge in [0.1, 0.15) is 5.82 Å². The van der Waals surface area contributed by atoms with Crippen LogP contribution in [0.1, 0.15) is 11.1 Å². The second kappa shape index (κ2) is 3.77. The fourth-order valence-corrected chi connectivity index (χ4v) is 2.29. The van der Waals surface area contributed by atoms with Gasteiger partial charge in [0, 0.05) is 24.5 Å². The van der Waals surface area contributed by atoms with E-state index in [2.05, 4.69) is 17.0 Å². The van der Waals surface area contributed by atoms with E-state index >= 15 is 0 Å². The van der Waals surface area contributed by atoms with Crippen LogP contribution in [0, 0.1) is 5.82 Å². The first-order valence-electron chi connectivity index (χ1n) is 5.60. The van der Waals surface area contributed by atoms with Gasteiger partial charge in [-0.2, -0.15) is 0 Å². The summed E-state index contributed by atoms with van der Waals surface area (Å²) in [6.45, 7) is 1.64. The molecule has 2 nitrogen and oxygen atoms in total. The van der Waals surface area contributed by atoms with Crippen molar-refractivity contribution in [2.24, 2.45) is 0 Å². The number of hydrogen-bond acceptors (Lipinski definition) is 2. The SMILES string of the molecule is Nc1cc(F)cc(N2Cc3ccccc3C2)c1. The molecule has 0 amide bonds. The zero-order chi connectivity index (χ0) is 11.8. The molecule has 1 heterocycles. The maximum absolute atomic E-state index is 13.3. The molecular weight excluding hydrogens is 215 g/mol. The number of benzene rings is 2. The van der Waals surface area contributed by atoms with Gasteiger partial charge in [-0.3, -0.25) is 0 Å². The second-order valence-electron chi connectivity index (χ2n) is 4.37. The number of anilines is 2. The van der Waals surface area contributed by atoms with E-state index in [1.807, 2.05) is 18.2 Å². The number of rotatable bonds is 1. The number of nitrogen functional groups attached to an aromatic ring is 1. The standard InChI is InChI=1S/C14H13FN2/c15-12-5-13(16)7-14(6-12)17-8-10-3-1-2-4-11(10)9-17/h1-7H,8-9,16H2. The van der Waals surface area contributed by atoms with Gasteiger partial charge in [-0.25, -0.2) is 4.39 Å². The van der Waals surface area contributed by atoms with Crippen LogP contribution in [0.25, 0.3) is 0 Å². The Kier molecular flexibility index (Phi) is 2.25. The minimum absolute atomic E-state index is 0.282. The Bertz CT molecular complexity index is 521. The number of halogens is 1. The van der Waals surface area contributed by atoms with Gasteiger partial charge in [0.15, 0.2) is 0 Å². The average molecular weight is 228 g/mol. The molecule has 86 valence electrons. The molecule has 2 aromatic carbocycles. The van der Waals surface area contributed by atoms with Crippen molar-refractivity contribution in [2.75, 3.05) is 10.6 Å². The van der Waals surface area contributed by atoms with Crippen LogP contribution < -0.4 is 10.6 Å². The van der Waals surface area contributed by atoms with Crippen molar-refractivity contribution in [1.82, 2.24) is 0 Å². The second-order valence-corrected chi connectivity index (χ2v) is 4.37. The summed E-state index contributed by atoms with van der Waals surface area (Å²) < 4.78 is 13.3. The van der Waals surface area contributed by atoms with Crippen molar-refractivity contribution < 1.29 is 4.39 Å². The number of hydrogen-bond donors (Lipinski definition) is 1. The lowest BCUT2D eigenvalue weighted by atomic mass is 10.1. The van der Waals surface area contributed by atoms with E-state index in [-0.39, 0.29) is 5.82 Å². The van der Waals surface area contributed by atoms with E-state index in [0.29, 0.717) is 5.69 Å². The first kappa shape index (κ1) is 10.1. The Labute approximate surface area is 99.5 Å². The van der Waals surface area contributed by atoms with Gasteiger partial charge in [0.25, 0.3) is 0 Å². The molecule has 0 atom stereocenters. The van der Waals surface area contributed by atoms with Crippen LogP contribution in [0.5, 0.6) is 0 Å². The first-order valence-corrected chi connectivity index (χ1v) is 5.60. The van der Waals surface area contributed by atoms with Gasteiger partial charge < -0.3 is 10.6 Å². The third-order valence-corrected chi connectivity index (χ3v) is 3.11. The Morgan fingerprint density at radius 1 is 1.00 bits per heavy atom. The fraction of sp³-hybridized carbons (Fsp3) is 0.143. The Morgan fingerprint density at radius 2 is 1.65 bits per heavy atom. The smallest absolute Gasteiger partial charge is 0.127 e. The molecule has 1 aliphatic rings. The van der Waals surface area contributed by atoms with Gasteiger partial charge >= 0.3 is 0 Å². The molecule has 2 aromatic rings. The highest BCUT2D eigenvalue weighted by Crippen LogP contribution is 2.29. The molecule has 0 fully saturated rings.